The van der Waals surface area contributed by atoms with Crippen LogP contribution in [0.3, 0.4) is 0 Å². The van der Waals surface area contributed by atoms with Crippen molar-refractivity contribution in [3.8, 4) is 5.75 Å². The van der Waals surface area contributed by atoms with Crippen LogP contribution in [0.25, 0.3) is 5.52 Å². The minimum Gasteiger partial charge on any atom is -0.508 e. The second-order valence-corrected chi connectivity index (χ2v) is 11.2. The van der Waals surface area contributed by atoms with Gasteiger partial charge in [-0.15, -0.1) is 0 Å². The van der Waals surface area contributed by atoms with E-state index in [2.05, 4.69) is 36.7 Å². The van der Waals surface area contributed by atoms with E-state index in [0.29, 0.717) is 16.3 Å². The number of rotatable bonds is 5. The highest BCUT2D eigenvalue weighted by atomic mass is 79.9. The fraction of sp³-hybridized carbons (Fsp3) is 0.400. The van der Waals surface area contributed by atoms with E-state index in [1.807, 2.05) is 33.0 Å². The van der Waals surface area contributed by atoms with Gasteiger partial charge in [0.25, 0.3) is 0 Å². The number of hydrogen-bond donors (Lipinski definition) is 4. The van der Waals surface area contributed by atoms with Crippen molar-refractivity contribution >= 4 is 56.4 Å². The number of carbonyl (C=O) groups excluding carboxylic acids is 1. The van der Waals surface area contributed by atoms with Crippen molar-refractivity contribution in [2.24, 2.45) is 10.7 Å². The van der Waals surface area contributed by atoms with E-state index >= 15 is 0 Å². The molecule has 1 fully saturated rings. The van der Waals surface area contributed by atoms with Gasteiger partial charge in [0.15, 0.2) is 0 Å². The Kier molecular flexibility index (Phi) is 7.65. The predicted molar refractivity (Wildman–Crippen MR) is 145 cm³/mol. The lowest BCUT2D eigenvalue weighted by Gasteiger charge is -2.31. The number of amides is 1. The minimum atomic E-state index is -0.525. The summed E-state index contributed by atoms with van der Waals surface area (Å²) >= 11 is 9.76. The summed E-state index contributed by atoms with van der Waals surface area (Å²) in [6.07, 6.45) is 6.53. The van der Waals surface area contributed by atoms with E-state index in [4.69, 9.17) is 22.1 Å². The van der Waals surface area contributed by atoms with Crippen LogP contribution in [-0.4, -0.2) is 44.3 Å². The van der Waals surface area contributed by atoms with Crippen LogP contribution in [0.4, 0.5) is 16.2 Å². The summed E-state index contributed by atoms with van der Waals surface area (Å²) in [6, 6.07) is 6.74. The molecule has 1 amide bonds. The second kappa shape index (κ2) is 10.6. The number of phenolic OH excluding ortho intramolecular Hbond substituents is 1. The molecule has 36 heavy (non-hydrogen) atoms. The monoisotopic (exact) mass is 576 g/mol. The van der Waals surface area contributed by atoms with Crippen LogP contribution in [0.1, 0.15) is 52.0 Å². The molecule has 2 aromatic heterocycles. The molecule has 5 N–H and O–H groups in total. The van der Waals surface area contributed by atoms with Crippen LogP contribution in [0.2, 0.25) is 5.02 Å². The number of aromatic hydroxyl groups is 1. The molecule has 1 aliphatic carbocycles. The van der Waals surface area contributed by atoms with Gasteiger partial charge >= 0.3 is 6.09 Å². The normalized spacial score (nSPS) is 18.8. The number of phenols is 1. The molecule has 0 unspecified atom stereocenters. The van der Waals surface area contributed by atoms with Crippen LogP contribution in [0, 0.1) is 0 Å². The summed E-state index contributed by atoms with van der Waals surface area (Å²) < 4.78 is 8.05. The quantitative estimate of drug-likeness (QED) is 0.226. The maximum atomic E-state index is 12.1. The predicted octanol–water partition coefficient (Wildman–Crippen LogP) is 5.74. The molecule has 192 valence electrons. The van der Waals surface area contributed by atoms with Crippen LogP contribution >= 0.6 is 27.5 Å². The summed E-state index contributed by atoms with van der Waals surface area (Å²) in [5.74, 6) is 0.301. The molecule has 1 aliphatic rings. The lowest BCUT2D eigenvalue weighted by molar-refractivity contribution is 0.0492. The van der Waals surface area contributed by atoms with Crippen molar-refractivity contribution in [2.75, 3.05) is 5.32 Å². The lowest BCUT2D eigenvalue weighted by Crippen LogP contribution is -2.42. The summed E-state index contributed by atoms with van der Waals surface area (Å²) in [4.78, 5) is 16.6. The molecular weight excluding hydrogens is 548 g/mol. The third kappa shape index (κ3) is 6.41. The number of alkyl carbamates (subject to hydrolysis) is 1. The van der Waals surface area contributed by atoms with Crippen molar-refractivity contribution in [3.63, 3.8) is 0 Å². The van der Waals surface area contributed by atoms with Crippen LogP contribution < -0.4 is 16.4 Å². The molecule has 3 aromatic rings. The maximum absolute atomic E-state index is 12.1. The minimum absolute atomic E-state index is 0.0535. The molecule has 0 aliphatic heterocycles. The van der Waals surface area contributed by atoms with Gasteiger partial charge in [-0.1, -0.05) is 11.6 Å². The lowest BCUT2D eigenvalue weighted by atomic mass is 9.91. The van der Waals surface area contributed by atoms with E-state index < -0.39 is 5.60 Å². The van der Waals surface area contributed by atoms with Crippen molar-refractivity contribution in [3.05, 3.63) is 51.7 Å². The molecule has 0 atom stereocenters. The Bertz CT molecular complexity index is 1290. The zero-order valence-corrected chi connectivity index (χ0v) is 22.7. The third-order valence-corrected chi connectivity index (χ3v) is 6.58. The number of nitrogens with zero attached hydrogens (tertiary/aromatic N) is 3. The Balaban J connectivity index is 1.54. The first kappa shape index (κ1) is 26.1. The third-order valence-electron chi connectivity index (χ3n) is 5.85. The first-order valence-electron chi connectivity index (χ1n) is 11.7. The van der Waals surface area contributed by atoms with Gasteiger partial charge in [0.1, 0.15) is 17.2 Å². The van der Waals surface area contributed by atoms with Crippen LogP contribution in [0.15, 0.2) is 46.1 Å². The first-order valence-corrected chi connectivity index (χ1v) is 12.9. The van der Waals surface area contributed by atoms with Crippen LogP contribution in [-0.2, 0) is 4.74 Å². The highest BCUT2D eigenvalue weighted by Crippen LogP contribution is 2.32. The Labute approximate surface area is 223 Å². The van der Waals surface area contributed by atoms with E-state index in [0.717, 1.165) is 41.4 Å². The molecule has 0 spiro atoms. The summed E-state index contributed by atoms with van der Waals surface area (Å²) in [7, 11) is 0. The number of halogens is 2. The summed E-state index contributed by atoms with van der Waals surface area (Å²) in [6.45, 7) is 5.56. The molecule has 11 heteroatoms. The highest BCUT2D eigenvalue weighted by Gasteiger charge is 2.26. The average Bonchev–Trinajstić information content (AvgIpc) is 3.16. The van der Waals surface area contributed by atoms with Gasteiger partial charge in [0.05, 0.1) is 33.7 Å². The Hall–Kier alpha value is -2.98. The molecule has 1 saturated carbocycles. The number of benzene rings is 1. The first-order chi connectivity index (χ1) is 17.0. The Morgan fingerprint density at radius 2 is 1.94 bits per heavy atom. The smallest absolute Gasteiger partial charge is 0.407 e. The van der Waals surface area contributed by atoms with Gasteiger partial charge in [-0.25, -0.2) is 14.3 Å². The number of nitrogens with one attached hydrogen (secondary N) is 2. The van der Waals surface area contributed by atoms with Crippen molar-refractivity contribution in [2.45, 2.75) is 64.1 Å². The topological polar surface area (TPSA) is 126 Å². The number of fused-ring (bicyclic) bond motifs is 1. The molecular formula is C25H30BrClN6O3. The fourth-order valence-corrected chi connectivity index (χ4v) is 4.84. The molecule has 0 bridgehead atoms. The van der Waals surface area contributed by atoms with E-state index in [1.54, 1.807) is 16.8 Å². The SMILES string of the molecule is CC(C)(C)OC(=O)N[C@H]1CC[C@H](Nc2c(/C(N)=N/c3ccc(O)cc3Cl)cnn3cc(Br)cc23)CC1. The van der Waals surface area contributed by atoms with Gasteiger partial charge in [0.2, 0.25) is 0 Å². The van der Waals surface area contributed by atoms with Crippen LogP contribution in [0.5, 0.6) is 5.75 Å². The van der Waals surface area contributed by atoms with Gasteiger partial charge in [-0.3, -0.25) is 0 Å². The fourth-order valence-electron chi connectivity index (χ4n) is 4.21. The maximum Gasteiger partial charge on any atom is 0.407 e. The number of amidine groups is 1. The number of carbonyl (C=O) groups is 1. The molecule has 9 nitrogen and oxygen atoms in total. The van der Waals surface area contributed by atoms with Crippen molar-refractivity contribution in [1.82, 2.24) is 14.9 Å². The number of aliphatic imine (C=N–C) groups is 1. The molecule has 4 rings (SSSR count). The van der Waals surface area contributed by atoms with Gasteiger partial charge < -0.3 is 26.2 Å². The molecule has 1 aromatic carbocycles. The zero-order valence-electron chi connectivity index (χ0n) is 20.4. The summed E-state index contributed by atoms with van der Waals surface area (Å²) in [5.41, 5.74) is 8.66. The highest BCUT2D eigenvalue weighted by molar-refractivity contribution is 9.10. The van der Waals surface area contributed by atoms with Gasteiger partial charge in [-0.2, -0.15) is 5.10 Å². The Morgan fingerprint density at radius 3 is 2.61 bits per heavy atom. The summed E-state index contributed by atoms with van der Waals surface area (Å²) in [5, 5.41) is 21.0. The van der Waals surface area contributed by atoms with E-state index in [-0.39, 0.29) is 29.8 Å². The molecule has 0 saturated heterocycles. The van der Waals surface area contributed by atoms with E-state index in [9.17, 15) is 9.90 Å². The second-order valence-electron chi connectivity index (χ2n) is 9.89. The molecule has 0 radical (unpaired) electrons. The van der Waals surface area contributed by atoms with Gasteiger partial charge in [0, 0.05) is 28.8 Å². The van der Waals surface area contributed by atoms with Crippen molar-refractivity contribution < 1.29 is 14.6 Å². The zero-order chi connectivity index (χ0) is 26.0. The average molecular weight is 578 g/mol. The number of nitrogens with two attached hydrogens (primary N) is 1. The van der Waals surface area contributed by atoms with E-state index in [1.165, 1.54) is 12.1 Å². The standard InChI is InChI=1S/C25H30BrClN6O3/c1-25(2,3)36-24(35)31-16-6-4-15(5-7-16)30-22-18(12-29-33-13-14(26)10-21(22)33)23(28)32-20-9-8-17(34)11-19(20)27/h8-13,15-16,30,34H,4-7H2,1-3H3,(H2,28,32)(H,31,35)/t15-,16-. The molecule has 2 heterocycles. The number of hydrogen-bond acceptors (Lipinski definition) is 6. The Morgan fingerprint density at radius 1 is 1.25 bits per heavy atom. The van der Waals surface area contributed by atoms with Gasteiger partial charge in [-0.05, 0) is 80.6 Å². The van der Waals surface area contributed by atoms with Crippen molar-refractivity contribution in [1.29, 1.82) is 0 Å². The largest absolute Gasteiger partial charge is 0.508 e. The number of aromatic nitrogens is 2. The number of anilines is 1. The number of ether oxygens (including phenoxy) is 1.